The summed E-state index contributed by atoms with van der Waals surface area (Å²) in [5.74, 6) is -0.573. The molecule has 1 atom stereocenters. The van der Waals surface area contributed by atoms with Gasteiger partial charge >= 0.3 is 0 Å². The van der Waals surface area contributed by atoms with E-state index in [0.717, 1.165) is 11.3 Å². The zero-order valence-electron chi connectivity index (χ0n) is 12.3. The summed E-state index contributed by atoms with van der Waals surface area (Å²) in [6, 6.07) is 7.68. The molecule has 0 fully saturated rings. The number of aryl methyl sites for hydroxylation is 1. The number of benzene rings is 1. The first-order valence-corrected chi connectivity index (χ1v) is 6.76. The average molecular weight is 277 g/mol. The molecule has 1 unspecified atom stereocenters. The predicted octanol–water partition coefficient (Wildman–Crippen LogP) is 1.06. The molecule has 0 spiro atoms. The molecular weight excluding hydrogens is 254 g/mol. The first-order valence-electron chi connectivity index (χ1n) is 6.76. The summed E-state index contributed by atoms with van der Waals surface area (Å²) in [5, 5.41) is 2.99. The fourth-order valence-electron chi connectivity index (χ4n) is 2.04. The van der Waals surface area contributed by atoms with Crippen molar-refractivity contribution in [1.29, 1.82) is 0 Å². The summed E-state index contributed by atoms with van der Waals surface area (Å²) in [6.45, 7) is 4.74. The van der Waals surface area contributed by atoms with Crippen LogP contribution in [0.4, 0.5) is 5.69 Å². The fraction of sp³-hybridized carbons (Fsp3) is 0.467. The Morgan fingerprint density at radius 1 is 1.40 bits per heavy atom. The number of hydrogen-bond donors (Lipinski definition) is 2. The third-order valence-electron chi connectivity index (χ3n) is 3.09. The number of primary amides is 1. The lowest BCUT2D eigenvalue weighted by Gasteiger charge is -2.26. The van der Waals surface area contributed by atoms with Crippen LogP contribution in [0.1, 0.15) is 18.9 Å². The number of anilines is 1. The van der Waals surface area contributed by atoms with Crippen molar-refractivity contribution in [3.05, 3.63) is 29.8 Å². The number of nitrogens with one attached hydrogen (secondary N) is 1. The summed E-state index contributed by atoms with van der Waals surface area (Å²) < 4.78 is 0. The van der Waals surface area contributed by atoms with Crippen LogP contribution in [0.2, 0.25) is 0 Å². The molecular formula is C15H23N3O2. The van der Waals surface area contributed by atoms with Crippen LogP contribution in [0.5, 0.6) is 0 Å². The number of hydrogen-bond acceptors (Lipinski definition) is 3. The van der Waals surface area contributed by atoms with Crippen LogP contribution in [0.3, 0.4) is 0 Å². The van der Waals surface area contributed by atoms with E-state index in [1.54, 1.807) is 4.90 Å². The van der Waals surface area contributed by atoms with Crippen LogP contribution < -0.4 is 16.0 Å². The van der Waals surface area contributed by atoms with Crippen molar-refractivity contribution < 1.29 is 9.59 Å². The lowest BCUT2D eigenvalue weighted by Crippen LogP contribution is -2.40. The Kier molecular flexibility index (Phi) is 6.18. The van der Waals surface area contributed by atoms with E-state index in [4.69, 9.17) is 5.73 Å². The summed E-state index contributed by atoms with van der Waals surface area (Å²) in [6.07, 6.45) is 0.159. The Bertz CT molecular complexity index is 474. The van der Waals surface area contributed by atoms with E-state index < -0.39 is 5.91 Å². The normalized spacial score (nSPS) is 11.9. The topological polar surface area (TPSA) is 75.4 Å². The van der Waals surface area contributed by atoms with Crippen LogP contribution in [0, 0.1) is 12.8 Å². The fourth-order valence-corrected chi connectivity index (χ4v) is 2.04. The van der Waals surface area contributed by atoms with E-state index in [-0.39, 0.29) is 18.2 Å². The standard InChI is InChI=1S/C15H23N3O2/c1-11-5-4-6-13(9-11)18(8-7-14(16)19)15(20)12(2)10-17-3/h4-6,9,12,17H,7-8,10H2,1-3H3,(H2,16,19). The molecule has 0 heterocycles. The van der Waals surface area contributed by atoms with E-state index >= 15 is 0 Å². The molecule has 0 bridgehead atoms. The molecule has 0 aromatic heterocycles. The van der Waals surface area contributed by atoms with Gasteiger partial charge in [0.2, 0.25) is 11.8 Å². The van der Waals surface area contributed by atoms with Crippen LogP contribution in [-0.2, 0) is 9.59 Å². The van der Waals surface area contributed by atoms with Gasteiger partial charge in [0.1, 0.15) is 0 Å². The zero-order chi connectivity index (χ0) is 15.1. The van der Waals surface area contributed by atoms with E-state index in [2.05, 4.69) is 5.32 Å². The molecule has 1 rings (SSSR count). The highest BCUT2D eigenvalue weighted by atomic mass is 16.2. The molecule has 0 aliphatic carbocycles. The van der Waals surface area contributed by atoms with Gasteiger partial charge in [0.05, 0.1) is 0 Å². The molecule has 1 aromatic carbocycles. The van der Waals surface area contributed by atoms with Gasteiger partial charge in [-0.05, 0) is 31.7 Å². The number of carbonyl (C=O) groups excluding carboxylic acids is 2. The molecule has 0 aliphatic heterocycles. The quantitative estimate of drug-likeness (QED) is 0.782. The number of carbonyl (C=O) groups is 2. The maximum atomic E-state index is 12.5. The van der Waals surface area contributed by atoms with Crippen LogP contribution in [-0.4, -0.2) is 32.0 Å². The number of nitrogens with zero attached hydrogens (tertiary/aromatic N) is 1. The largest absolute Gasteiger partial charge is 0.370 e. The maximum Gasteiger partial charge on any atom is 0.231 e. The smallest absolute Gasteiger partial charge is 0.231 e. The predicted molar refractivity (Wildman–Crippen MR) is 80.4 cm³/mol. The SMILES string of the molecule is CNCC(C)C(=O)N(CCC(N)=O)c1cccc(C)c1. The van der Waals surface area contributed by atoms with E-state index in [9.17, 15) is 9.59 Å². The van der Waals surface area contributed by atoms with Gasteiger partial charge in [0, 0.05) is 31.1 Å². The Labute approximate surface area is 120 Å². The number of rotatable bonds is 7. The third-order valence-corrected chi connectivity index (χ3v) is 3.09. The van der Waals surface area contributed by atoms with Gasteiger partial charge in [0.25, 0.3) is 0 Å². The van der Waals surface area contributed by atoms with Crippen molar-refractivity contribution in [2.45, 2.75) is 20.3 Å². The molecule has 110 valence electrons. The first-order chi connectivity index (χ1) is 9.45. The van der Waals surface area contributed by atoms with Crippen molar-refractivity contribution in [3.63, 3.8) is 0 Å². The van der Waals surface area contributed by atoms with Crippen molar-refractivity contribution in [2.75, 3.05) is 25.0 Å². The second-order valence-electron chi connectivity index (χ2n) is 5.00. The third kappa shape index (κ3) is 4.66. The van der Waals surface area contributed by atoms with Crippen molar-refractivity contribution in [3.8, 4) is 0 Å². The minimum absolute atomic E-state index is 0.00815. The lowest BCUT2D eigenvalue weighted by atomic mass is 10.1. The molecule has 2 amide bonds. The second-order valence-corrected chi connectivity index (χ2v) is 5.00. The van der Waals surface area contributed by atoms with E-state index in [1.807, 2.05) is 45.2 Å². The summed E-state index contributed by atoms with van der Waals surface area (Å²) in [5.41, 5.74) is 7.07. The lowest BCUT2D eigenvalue weighted by molar-refractivity contribution is -0.122. The molecule has 5 nitrogen and oxygen atoms in total. The van der Waals surface area contributed by atoms with E-state index in [1.165, 1.54) is 0 Å². The summed E-state index contributed by atoms with van der Waals surface area (Å²) in [4.78, 5) is 25.1. The Balaban J connectivity index is 2.95. The Morgan fingerprint density at radius 3 is 2.65 bits per heavy atom. The molecule has 0 radical (unpaired) electrons. The monoisotopic (exact) mass is 277 g/mol. The first kappa shape index (κ1) is 16.2. The van der Waals surface area contributed by atoms with Crippen molar-refractivity contribution in [2.24, 2.45) is 11.7 Å². The minimum Gasteiger partial charge on any atom is -0.370 e. The maximum absolute atomic E-state index is 12.5. The van der Waals surface area contributed by atoms with Crippen molar-refractivity contribution in [1.82, 2.24) is 5.32 Å². The molecule has 20 heavy (non-hydrogen) atoms. The summed E-state index contributed by atoms with van der Waals surface area (Å²) >= 11 is 0. The molecule has 0 aliphatic rings. The Morgan fingerprint density at radius 2 is 2.10 bits per heavy atom. The highest BCUT2D eigenvalue weighted by molar-refractivity contribution is 5.95. The highest BCUT2D eigenvalue weighted by Crippen LogP contribution is 2.18. The van der Waals surface area contributed by atoms with Crippen LogP contribution >= 0.6 is 0 Å². The van der Waals surface area contributed by atoms with Gasteiger partial charge in [-0.25, -0.2) is 0 Å². The number of nitrogens with two attached hydrogens (primary N) is 1. The van der Waals surface area contributed by atoms with Gasteiger partial charge < -0.3 is 16.0 Å². The van der Waals surface area contributed by atoms with Gasteiger partial charge in [-0.1, -0.05) is 19.1 Å². The Hall–Kier alpha value is -1.88. The second kappa shape index (κ2) is 7.65. The van der Waals surface area contributed by atoms with E-state index in [0.29, 0.717) is 13.1 Å². The van der Waals surface area contributed by atoms with Crippen LogP contribution in [0.25, 0.3) is 0 Å². The van der Waals surface area contributed by atoms with Gasteiger partial charge in [-0.2, -0.15) is 0 Å². The number of amides is 2. The molecule has 0 saturated carbocycles. The molecule has 5 heteroatoms. The highest BCUT2D eigenvalue weighted by Gasteiger charge is 2.21. The van der Waals surface area contributed by atoms with Crippen LogP contribution in [0.15, 0.2) is 24.3 Å². The van der Waals surface area contributed by atoms with Crippen molar-refractivity contribution >= 4 is 17.5 Å². The molecule has 0 saturated heterocycles. The van der Waals surface area contributed by atoms with Gasteiger partial charge in [-0.15, -0.1) is 0 Å². The van der Waals surface area contributed by atoms with Gasteiger partial charge in [-0.3, -0.25) is 9.59 Å². The summed E-state index contributed by atoms with van der Waals surface area (Å²) in [7, 11) is 1.81. The minimum atomic E-state index is -0.406. The molecule has 1 aromatic rings. The van der Waals surface area contributed by atoms with Gasteiger partial charge in [0.15, 0.2) is 0 Å². The molecule has 3 N–H and O–H groups in total. The zero-order valence-corrected chi connectivity index (χ0v) is 12.3. The average Bonchev–Trinajstić information content (AvgIpc) is 2.38.